The van der Waals surface area contributed by atoms with Crippen molar-refractivity contribution in [2.75, 3.05) is 0 Å². The van der Waals surface area contributed by atoms with Gasteiger partial charge in [0.2, 0.25) is 6.10 Å². The Labute approximate surface area is 164 Å². The van der Waals surface area contributed by atoms with E-state index in [1.54, 1.807) is 0 Å². The quantitative estimate of drug-likeness (QED) is 0.621. The Bertz CT molecular complexity index is 869. The molecule has 0 saturated heterocycles. The van der Waals surface area contributed by atoms with E-state index in [0.717, 1.165) is 11.3 Å². The van der Waals surface area contributed by atoms with Crippen molar-refractivity contribution in [2.24, 2.45) is 5.92 Å². The van der Waals surface area contributed by atoms with Crippen LogP contribution in [-0.2, 0) is 11.2 Å². The third kappa shape index (κ3) is 3.83. The fourth-order valence-electron chi connectivity index (χ4n) is 2.51. The average Bonchev–Trinajstić information content (AvgIpc) is 2.83. The maximum Gasteiger partial charge on any atom is 0.426 e. The van der Waals surface area contributed by atoms with Crippen molar-refractivity contribution in [3.8, 4) is 17.2 Å². The van der Waals surface area contributed by atoms with Gasteiger partial charge in [0.15, 0.2) is 5.75 Å². The fraction of sp³-hybridized carbons (Fsp3) is 0.267. The fourth-order valence-corrected chi connectivity index (χ4v) is 4.07. The van der Waals surface area contributed by atoms with Crippen LogP contribution in [0.1, 0.15) is 5.56 Å². The molecule has 1 aliphatic heterocycles. The Morgan fingerprint density at radius 3 is 2.46 bits per heavy atom. The van der Waals surface area contributed by atoms with E-state index in [-0.39, 0.29) is 38.6 Å². The van der Waals surface area contributed by atoms with Crippen LogP contribution >= 0.6 is 46.1 Å². The van der Waals surface area contributed by atoms with Crippen molar-refractivity contribution in [1.82, 2.24) is 0 Å². The van der Waals surface area contributed by atoms with E-state index < -0.39 is 24.2 Å². The second kappa shape index (κ2) is 6.99. The highest BCUT2D eigenvalue weighted by molar-refractivity contribution is 7.20. The Kier molecular flexibility index (Phi) is 5.22. The van der Waals surface area contributed by atoms with Crippen LogP contribution in [0.4, 0.5) is 13.2 Å². The van der Waals surface area contributed by atoms with Crippen molar-refractivity contribution in [3.63, 3.8) is 0 Å². The maximum absolute atomic E-state index is 13.2. The van der Waals surface area contributed by atoms with E-state index in [1.807, 2.05) is 0 Å². The van der Waals surface area contributed by atoms with Gasteiger partial charge in [0.05, 0.1) is 9.36 Å². The lowest BCUT2D eigenvalue weighted by molar-refractivity contribution is -0.217. The van der Waals surface area contributed by atoms with E-state index >= 15 is 0 Å². The summed E-state index contributed by atoms with van der Waals surface area (Å²) in [6.45, 7) is 0. The van der Waals surface area contributed by atoms with Crippen LogP contribution in [0.5, 0.6) is 17.2 Å². The molecule has 0 saturated carbocycles. The zero-order valence-electron chi connectivity index (χ0n) is 12.4. The number of carbonyl (C=O) groups is 1. The van der Waals surface area contributed by atoms with Gasteiger partial charge in [0.1, 0.15) is 21.8 Å². The zero-order valence-corrected chi connectivity index (χ0v) is 15.5. The van der Waals surface area contributed by atoms with Gasteiger partial charge < -0.3 is 14.6 Å². The largest absolute Gasteiger partial charge is 0.481 e. The van der Waals surface area contributed by atoms with Gasteiger partial charge in [-0.05, 0) is 18.1 Å². The molecule has 2 aromatic rings. The van der Waals surface area contributed by atoms with Crippen LogP contribution in [0.15, 0.2) is 18.2 Å². The number of hydrogen-bond donors (Lipinski definition) is 1. The third-order valence-electron chi connectivity index (χ3n) is 3.66. The normalized spacial score (nSPS) is 19.6. The summed E-state index contributed by atoms with van der Waals surface area (Å²) in [5.74, 6) is -3.32. The summed E-state index contributed by atoms with van der Waals surface area (Å²) in [4.78, 5) is 11.2. The van der Waals surface area contributed by atoms with Gasteiger partial charge in [-0.25, -0.2) is 0 Å². The predicted octanol–water partition coefficient (Wildman–Crippen LogP) is 6.07. The molecule has 2 heterocycles. The number of thiophene rings is 1. The van der Waals surface area contributed by atoms with Gasteiger partial charge in [-0.1, -0.05) is 34.8 Å². The monoisotopic (exact) mass is 446 g/mol. The molecule has 0 fully saturated rings. The first-order chi connectivity index (χ1) is 12.1. The molecule has 0 radical (unpaired) electrons. The van der Waals surface area contributed by atoms with E-state index in [0.29, 0.717) is 4.34 Å². The van der Waals surface area contributed by atoms with Gasteiger partial charge in [-0.2, -0.15) is 13.2 Å². The highest BCUT2D eigenvalue weighted by Crippen LogP contribution is 2.45. The minimum Gasteiger partial charge on any atom is -0.481 e. The number of halogens is 6. The topological polar surface area (TPSA) is 55.8 Å². The Hall–Kier alpha value is -1.35. The van der Waals surface area contributed by atoms with Gasteiger partial charge in [0.25, 0.3) is 0 Å². The lowest BCUT2D eigenvalue weighted by atomic mass is 9.90. The summed E-state index contributed by atoms with van der Waals surface area (Å²) in [5, 5.41) is 9.16. The molecule has 0 spiro atoms. The minimum absolute atomic E-state index is 0.0106. The molecule has 26 heavy (non-hydrogen) atoms. The van der Waals surface area contributed by atoms with Gasteiger partial charge in [-0.15, -0.1) is 11.3 Å². The molecule has 1 aromatic carbocycles. The van der Waals surface area contributed by atoms with Crippen molar-refractivity contribution >= 4 is 52.1 Å². The summed E-state index contributed by atoms with van der Waals surface area (Å²) in [7, 11) is 0. The lowest BCUT2D eigenvalue weighted by Gasteiger charge is -2.32. The number of ether oxygens (including phenoxy) is 2. The number of carboxylic acids is 1. The molecule has 0 amide bonds. The molecule has 4 nitrogen and oxygen atoms in total. The molecule has 140 valence electrons. The number of aliphatic carboxylic acids is 1. The Morgan fingerprint density at radius 2 is 1.92 bits per heavy atom. The smallest absolute Gasteiger partial charge is 0.426 e. The van der Waals surface area contributed by atoms with Crippen molar-refractivity contribution in [3.05, 3.63) is 37.5 Å². The molecule has 0 aliphatic carbocycles. The van der Waals surface area contributed by atoms with Crippen molar-refractivity contribution < 1.29 is 32.5 Å². The van der Waals surface area contributed by atoms with Crippen LogP contribution < -0.4 is 9.47 Å². The number of benzene rings is 1. The summed E-state index contributed by atoms with van der Waals surface area (Å²) in [5.41, 5.74) is 0.240. The summed E-state index contributed by atoms with van der Waals surface area (Å²) in [6, 6.07) is 3.93. The lowest BCUT2D eigenvalue weighted by Crippen LogP contribution is -2.47. The Balaban J connectivity index is 1.97. The first-order valence-corrected chi connectivity index (χ1v) is 8.92. The maximum atomic E-state index is 13.2. The van der Waals surface area contributed by atoms with E-state index in [4.69, 9.17) is 49.4 Å². The molecular weight excluding hydrogens is 440 g/mol. The van der Waals surface area contributed by atoms with Crippen LogP contribution in [0.3, 0.4) is 0 Å². The molecule has 2 atom stereocenters. The third-order valence-corrected chi connectivity index (χ3v) is 5.41. The number of fused-ring (bicyclic) bond motifs is 1. The molecule has 1 N–H and O–H groups in total. The van der Waals surface area contributed by atoms with Gasteiger partial charge >= 0.3 is 12.1 Å². The first-order valence-electron chi connectivity index (χ1n) is 6.97. The summed E-state index contributed by atoms with van der Waals surface area (Å²) >= 11 is 18.9. The second-order valence-electron chi connectivity index (χ2n) is 5.41. The van der Waals surface area contributed by atoms with Gasteiger partial charge in [-0.3, -0.25) is 4.79 Å². The van der Waals surface area contributed by atoms with Crippen LogP contribution in [0, 0.1) is 5.92 Å². The van der Waals surface area contributed by atoms with E-state index in [2.05, 4.69) is 0 Å². The van der Waals surface area contributed by atoms with Crippen molar-refractivity contribution in [2.45, 2.75) is 18.7 Å². The molecule has 11 heteroatoms. The number of carboxylic acid groups (broad SMARTS) is 1. The van der Waals surface area contributed by atoms with E-state index in [1.165, 1.54) is 18.2 Å². The number of rotatable bonds is 3. The van der Waals surface area contributed by atoms with Crippen LogP contribution in [0.2, 0.25) is 13.7 Å². The number of alkyl halides is 3. The molecule has 1 aromatic heterocycles. The zero-order chi connectivity index (χ0) is 19.2. The molecular formula is C15H8Cl3F3O4S. The number of hydrogen-bond acceptors (Lipinski definition) is 4. The minimum atomic E-state index is -4.84. The summed E-state index contributed by atoms with van der Waals surface area (Å²) in [6.07, 6.45) is -7.69. The second-order valence-corrected chi connectivity index (χ2v) is 8.10. The molecule has 2 unspecified atom stereocenters. The molecule has 0 bridgehead atoms. The van der Waals surface area contributed by atoms with Crippen molar-refractivity contribution in [1.29, 1.82) is 0 Å². The first kappa shape index (κ1) is 19.4. The highest BCUT2D eigenvalue weighted by atomic mass is 35.5. The molecule has 3 rings (SSSR count). The van der Waals surface area contributed by atoms with Crippen LogP contribution in [0.25, 0.3) is 0 Å². The average molecular weight is 448 g/mol. The summed E-state index contributed by atoms with van der Waals surface area (Å²) < 4.78 is 50.5. The van der Waals surface area contributed by atoms with Gasteiger partial charge in [0, 0.05) is 12.1 Å². The Morgan fingerprint density at radius 1 is 1.23 bits per heavy atom. The SMILES string of the molecule is O=C(O)C1Cc2cc(Cl)c(Oc3cc(Cl)sc3Cl)cc2OC1C(F)(F)F. The van der Waals surface area contributed by atoms with E-state index in [9.17, 15) is 18.0 Å². The molecule has 1 aliphatic rings. The highest BCUT2D eigenvalue weighted by Gasteiger charge is 2.52. The predicted molar refractivity (Wildman–Crippen MR) is 91.2 cm³/mol. The standard InChI is InChI=1S/C15H8Cl3F3O4S/c16-7-2-5-1-6(14(22)23)12(15(19,20)21)25-8(5)3-9(7)24-10-4-11(17)26-13(10)18/h2-4,6,12H,1H2,(H,22,23). The van der Waals surface area contributed by atoms with Crippen LogP contribution in [-0.4, -0.2) is 23.4 Å².